The van der Waals surface area contributed by atoms with E-state index in [1.807, 2.05) is 43.3 Å². The predicted octanol–water partition coefficient (Wildman–Crippen LogP) is 3.47. The minimum atomic E-state index is -0.564. The molecule has 0 aromatic heterocycles. The van der Waals surface area contributed by atoms with Crippen LogP contribution in [0.15, 0.2) is 47.5 Å². The Labute approximate surface area is 206 Å². The Bertz CT molecular complexity index is 896. The lowest BCUT2D eigenvalue weighted by molar-refractivity contribution is 0.259. The van der Waals surface area contributed by atoms with Crippen LogP contribution >= 0.6 is 24.0 Å². The van der Waals surface area contributed by atoms with Crippen molar-refractivity contribution in [3.63, 3.8) is 0 Å². The number of benzene rings is 2. The van der Waals surface area contributed by atoms with Gasteiger partial charge < -0.3 is 25.2 Å². The van der Waals surface area contributed by atoms with Crippen LogP contribution in [0.5, 0.6) is 5.75 Å². The first-order chi connectivity index (χ1) is 15.0. The lowest BCUT2D eigenvalue weighted by atomic mass is 10.2. The zero-order valence-electron chi connectivity index (χ0n) is 18.8. The molecule has 0 amide bonds. The van der Waals surface area contributed by atoms with Crippen molar-refractivity contribution < 1.29 is 13.5 Å². The quantitative estimate of drug-likeness (QED) is 0.295. The van der Waals surface area contributed by atoms with Crippen molar-refractivity contribution in [3.8, 4) is 5.75 Å². The molecule has 3 rings (SSSR count). The molecule has 2 aromatic rings. The van der Waals surface area contributed by atoms with Gasteiger partial charge in [0.15, 0.2) is 5.96 Å². The van der Waals surface area contributed by atoms with Crippen LogP contribution in [-0.4, -0.2) is 64.3 Å². The fourth-order valence-electron chi connectivity index (χ4n) is 3.53. The lowest BCUT2D eigenvalue weighted by Gasteiger charge is -2.21. The monoisotopic (exact) mass is 559 g/mol. The average molecular weight is 559 g/mol. The fraction of sp³-hybridized carbons (Fsp3) is 0.435. The Kier molecular flexibility index (Phi) is 10.4. The first-order valence-electron chi connectivity index (χ1n) is 10.5. The van der Waals surface area contributed by atoms with Crippen molar-refractivity contribution in [2.75, 3.05) is 52.3 Å². The van der Waals surface area contributed by atoms with Crippen molar-refractivity contribution in [1.29, 1.82) is 0 Å². The Balaban J connectivity index is 0.00000363. The van der Waals surface area contributed by atoms with Crippen molar-refractivity contribution >= 4 is 35.6 Å². The topological polar surface area (TPSA) is 52.1 Å². The highest BCUT2D eigenvalue weighted by molar-refractivity contribution is 14.0. The zero-order valence-corrected chi connectivity index (χ0v) is 21.1. The van der Waals surface area contributed by atoms with Gasteiger partial charge in [-0.05, 0) is 38.7 Å². The van der Waals surface area contributed by atoms with E-state index in [1.54, 1.807) is 7.05 Å². The number of hydrogen-bond acceptors (Lipinski definition) is 4. The molecular formula is C23H32F2IN5O. The van der Waals surface area contributed by atoms with Gasteiger partial charge in [-0.15, -0.1) is 24.0 Å². The van der Waals surface area contributed by atoms with Crippen LogP contribution in [0.4, 0.5) is 14.5 Å². The number of nitrogens with one attached hydrogen (secondary N) is 2. The summed E-state index contributed by atoms with van der Waals surface area (Å²) in [5.74, 6) is 0.431. The third kappa shape index (κ3) is 7.47. The van der Waals surface area contributed by atoms with E-state index >= 15 is 0 Å². The number of halogens is 3. The second-order valence-corrected chi connectivity index (χ2v) is 7.86. The van der Waals surface area contributed by atoms with Gasteiger partial charge in [-0.3, -0.25) is 4.99 Å². The summed E-state index contributed by atoms with van der Waals surface area (Å²) in [6.07, 6.45) is 0.835. The van der Waals surface area contributed by atoms with Crippen molar-refractivity contribution in [2.24, 2.45) is 4.99 Å². The minimum absolute atomic E-state index is 0. The Morgan fingerprint density at radius 1 is 1.22 bits per heavy atom. The SMILES string of the molecule is CN=C(NCc1ccccc1OCCN(C)C)NC1CCN(c2ccc(F)cc2F)C1.I. The number of guanidine groups is 1. The van der Waals surface area contributed by atoms with E-state index in [0.717, 1.165) is 30.3 Å². The molecule has 1 fully saturated rings. The summed E-state index contributed by atoms with van der Waals surface area (Å²) in [6, 6.07) is 11.8. The van der Waals surface area contributed by atoms with Gasteiger partial charge in [0.05, 0.1) is 5.69 Å². The van der Waals surface area contributed by atoms with E-state index in [1.165, 1.54) is 12.1 Å². The summed E-state index contributed by atoms with van der Waals surface area (Å²) in [6.45, 7) is 3.35. The Morgan fingerprint density at radius 2 is 2.00 bits per heavy atom. The van der Waals surface area contributed by atoms with E-state index in [9.17, 15) is 8.78 Å². The van der Waals surface area contributed by atoms with Crippen LogP contribution in [0.2, 0.25) is 0 Å². The summed E-state index contributed by atoms with van der Waals surface area (Å²) in [7, 11) is 5.75. The average Bonchev–Trinajstić information content (AvgIpc) is 3.19. The molecule has 1 heterocycles. The first-order valence-corrected chi connectivity index (χ1v) is 10.5. The smallest absolute Gasteiger partial charge is 0.191 e. The molecule has 2 aromatic carbocycles. The number of likely N-dealkylation sites (N-methyl/N-ethyl adjacent to an activating group) is 1. The maximum absolute atomic E-state index is 14.1. The molecule has 1 saturated heterocycles. The summed E-state index contributed by atoms with van der Waals surface area (Å²) < 4.78 is 33.2. The molecule has 0 bridgehead atoms. The number of anilines is 1. The van der Waals surface area contributed by atoms with Gasteiger partial charge >= 0.3 is 0 Å². The second kappa shape index (κ2) is 12.8. The maximum Gasteiger partial charge on any atom is 0.191 e. The molecule has 9 heteroatoms. The Morgan fingerprint density at radius 3 is 2.72 bits per heavy atom. The van der Waals surface area contributed by atoms with Crippen LogP contribution in [0.1, 0.15) is 12.0 Å². The Hall–Kier alpha value is -2.14. The molecule has 0 spiro atoms. The highest BCUT2D eigenvalue weighted by atomic mass is 127. The standard InChI is InChI=1S/C23H31F2N5O.HI/c1-26-23(27-15-17-6-4-5-7-22(17)31-13-12-29(2)3)28-19-10-11-30(16-19)21-9-8-18(24)14-20(21)25;/h4-9,14,19H,10-13,15-16H2,1-3H3,(H2,26,27,28);1H. The van der Waals surface area contributed by atoms with Crippen molar-refractivity contribution in [2.45, 2.75) is 19.0 Å². The molecule has 0 radical (unpaired) electrons. The molecule has 1 aliphatic rings. The van der Waals surface area contributed by atoms with E-state index < -0.39 is 11.6 Å². The van der Waals surface area contributed by atoms with Gasteiger partial charge in [-0.25, -0.2) is 8.78 Å². The molecular weight excluding hydrogens is 527 g/mol. The number of ether oxygens (including phenoxy) is 1. The molecule has 2 N–H and O–H groups in total. The van der Waals surface area contributed by atoms with Crippen LogP contribution in [0.25, 0.3) is 0 Å². The minimum Gasteiger partial charge on any atom is -0.492 e. The van der Waals surface area contributed by atoms with Gasteiger partial charge in [0.1, 0.15) is 24.0 Å². The molecule has 32 heavy (non-hydrogen) atoms. The van der Waals surface area contributed by atoms with Crippen LogP contribution < -0.4 is 20.3 Å². The second-order valence-electron chi connectivity index (χ2n) is 7.86. The van der Waals surface area contributed by atoms with Gasteiger partial charge in [-0.1, -0.05) is 18.2 Å². The summed E-state index contributed by atoms with van der Waals surface area (Å²) in [4.78, 5) is 8.32. The predicted molar refractivity (Wildman–Crippen MR) is 136 cm³/mol. The maximum atomic E-state index is 14.1. The van der Waals surface area contributed by atoms with E-state index in [2.05, 4.69) is 20.5 Å². The molecule has 0 aliphatic carbocycles. The highest BCUT2D eigenvalue weighted by Gasteiger charge is 2.25. The van der Waals surface area contributed by atoms with Crippen LogP contribution in [0, 0.1) is 11.6 Å². The summed E-state index contributed by atoms with van der Waals surface area (Å²) in [5, 5.41) is 6.73. The van der Waals surface area contributed by atoms with Gasteiger partial charge in [0.2, 0.25) is 0 Å². The third-order valence-electron chi connectivity index (χ3n) is 5.22. The number of rotatable bonds is 8. The van der Waals surface area contributed by atoms with Gasteiger partial charge in [0, 0.05) is 50.9 Å². The molecule has 176 valence electrons. The van der Waals surface area contributed by atoms with Crippen LogP contribution in [0.3, 0.4) is 0 Å². The van der Waals surface area contributed by atoms with E-state index in [-0.39, 0.29) is 30.0 Å². The number of para-hydroxylation sites is 1. The third-order valence-corrected chi connectivity index (χ3v) is 5.22. The molecule has 1 atom stereocenters. The summed E-state index contributed by atoms with van der Waals surface area (Å²) in [5.41, 5.74) is 1.48. The van der Waals surface area contributed by atoms with Crippen molar-refractivity contribution in [3.05, 3.63) is 59.7 Å². The first kappa shape index (κ1) is 26.1. The van der Waals surface area contributed by atoms with Crippen LogP contribution in [-0.2, 0) is 6.54 Å². The fourth-order valence-corrected chi connectivity index (χ4v) is 3.53. The number of hydrogen-bond donors (Lipinski definition) is 2. The van der Waals surface area contributed by atoms with Gasteiger partial charge in [0.25, 0.3) is 0 Å². The lowest BCUT2D eigenvalue weighted by Crippen LogP contribution is -2.44. The summed E-state index contributed by atoms with van der Waals surface area (Å²) >= 11 is 0. The number of nitrogens with zero attached hydrogens (tertiary/aromatic N) is 3. The largest absolute Gasteiger partial charge is 0.492 e. The van der Waals surface area contributed by atoms with Crippen molar-refractivity contribution in [1.82, 2.24) is 15.5 Å². The normalized spacial score (nSPS) is 16.1. The zero-order chi connectivity index (χ0) is 22.2. The number of aliphatic imine (C=N–C) groups is 1. The molecule has 6 nitrogen and oxygen atoms in total. The highest BCUT2D eigenvalue weighted by Crippen LogP contribution is 2.24. The van der Waals surface area contributed by atoms with E-state index in [4.69, 9.17) is 4.74 Å². The molecule has 1 unspecified atom stereocenters. The van der Waals surface area contributed by atoms with Gasteiger partial charge in [-0.2, -0.15) is 0 Å². The van der Waals surface area contributed by atoms with E-state index in [0.29, 0.717) is 37.9 Å². The molecule has 0 saturated carbocycles. The molecule has 1 aliphatic heterocycles.